The lowest BCUT2D eigenvalue weighted by atomic mass is 9.90. The van der Waals surface area contributed by atoms with Crippen LogP contribution in [0, 0.1) is 5.92 Å². The second kappa shape index (κ2) is 3.05. The van der Waals surface area contributed by atoms with Crippen LogP contribution in [-0.2, 0) is 9.53 Å². The van der Waals surface area contributed by atoms with Gasteiger partial charge >= 0.3 is 5.97 Å². The molecule has 2 bridgehead atoms. The molecule has 0 aromatic carbocycles. The van der Waals surface area contributed by atoms with E-state index in [-0.39, 0.29) is 30.7 Å². The van der Waals surface area contributed by atoms with Crippen molar-refractivity contribution >= 4 is 18.4 Å². The van der Waals surface area contributed by atoms with E-state index in [1.165, 1.54) is 0 Å². The predicted molar refractivity (Wildman–Crippen MR) is 44.2 cm³/mol. The molecule has 2 unspecified atom stereocenters. The monoisotopic (exact) mass is 191 g/mol. The lowest BCUT2D eigenvalue weighted by Crippen LogP contribution is -2.41. The molecule has 68 valence electrons. The fourth-order valence-electron chi connectivity index (χ4n) is 1.64. The summed E-state index contributed by atoms with van der Waals surface area (Å²) >= 11 is 0. The highest BCUT2D eigenvalue weighted by atomic mass is 35.5. The zero-order valence-electron chi connectivity index (χ0n) is 6.21. The Kier molecular flexibility index (Phi) is 2.41. The van der Waals surface area contributed by atoms with E-state index in [1.807, 2.05) is 6.08 Å². The zero-order valence-corrected chi connectivity index (χ0v) is 7.03. The number of ether oxygens (including phenoxy) is 1. The number of carbonyl (C=O) groups is 1. The summed E-state index contributed by atoms with van der Waals surface area (Å²) < 4.78 is 5.24. The van der Waals surface area contributed by atoms with Crippen LogP contribution in [0.3, 0.4) is 0 Å². The molecule has 1 fully saturated rings. The highest BCUT2D eigenvalue weighted by molar-refractivity contribution is 5.85. The van der Waals surface area contributed by atoms with Gasteiger partial charge in [-0.25, -0.2) is 0 Å². The van der Waals surface area contributed by atoms with Gasteiger partial charge in [-0.3, -0.25) is 4.79 Å². The number of carboxylic acid groups (broad SMARTS) is 1. The van der Waals surface area contributed by atoms with E-state index in [9.17, 15) is 4.79 Å². The quantitative estimate of drug-likeness (QED) is 0.562. The van der Waals surface area contributed by atoms with Crippen molar-refractivity contribution in [2.24, 2.45) is 11.7 Å². The minimum Gasteiger partial charge on any atom is -0.481 e. The van der Waals surface area contributed by atoms with Crippen LogP contribution in [-0.4, -0.2) is 29.3 Å². The number of halogens is 1. The highest BCUT2D eigenvalue weighted by Crippen LogP contribution is 2.32. The van der Waals surface area contributed by atoms with Gasteiger partial charge in [0.05, 0.1) is 18.2 Å². The van der Waals surface area contributed by atoms with Crippen molar-refractivity contribution in [1.82, 2.24) is 0 Å². The Labute approximate surface area is 75.8 Å². The van der Waals surface area contributed by atoms with Gasteiger partial charge in [-0.05, 0) is 0 Å². The fourth-order valence-corrected chi connectivity index (χ4v) is 1.64. The van der Waals surface area contributed by atoms with Crippen LogP contribution in [0.4, 0.5) is 0 Å². The van der Waals surface area contributed by atoms with Crippen molar-refractivity contribution in [2.75, 3.05) is 0 Å². The molecule has 12 heavy (non-hydrogen) atoms. The summed E-state index contributed by atoms with van der Waals surface area (Å²) in [6.07, 6.45) is 3.12. The van der Waals surface area contributed by atoms with Crippen LogP contribution in [0.5, 0.6) is 0 Å². The summed E-state index contributed by atoms with van der Waals surface area (Å²) in [6.45, 7) is 0. The van der Waals surface area contributed by atoms with E-state index < -0.39 is 11.9 Å². The third kappa shape index (κ3) is 1.12. The Morgan fingerprint density at radius 3 is 2.33 bits per heavy atom. The molecule has 2 aliphatic rings. The van der Waals surface area contributed by atoms with Crippen molar-refractivity contribution < 1.29 is 14.6 Å². The molecule has 0 radical (unpaired) electrons. The van der Waals surface area contributed by atoms with Crippen molar-refractivity contribution in [3.8, 4) is 0 Å². The first-order chi connectivity index (χ1) is 5.20. The van der Waals surface area contributed by atoms with Crippen LogP contribution < -0.4 is 5.73 Å². The van der Waals surface area contributed by atoms with E-state index in [0.717, 1.165) is 0 Å². The number of aliphatic carboxylic acids is 1. The van der Waals surface area contributed by atoms with Gasteiger partial charge in [0, 0.05) is 0 Å². The van der Waals surface area contributed by atoms with E-state index in [0.29, 0.717) is 0 Å². The first-order valence-corrected chi connectivity index (χ1v) is 3.52. The van der Waals surface area contributed by atoms with Crippen molar-refractivity contribution in [1.29, 1.82) is 0 Å². The molecular formula is C7H10ClNO3. The number of hydrogen-bond donors (Lipinski definition) is 2. The van der Waals surface area contributed by atoms with E-state index in [4.69, 9.17) is 15.6 Å². The molecular weight excluding hydrogens is 182 g/mol. The number of hydrogen-bond acceptors (Lipinski definition) is 3. The third-order valence-electron chi connectivity index (χ3n) is 2.24. The Morgan fingerprint density at radius 1 is 1.42 bits per heavy atom. The molecule has 0 aromatic rings. The van der Waals surface area contributed by atoms with Crippen LogP contribution in [0.1, 0.15) is 0 Å². The van der Waals surface area contributed by atoms with Gasteiger partial charge in [0.25, 0.3) is 0 Å². The van der Waals surface area contributed by atoms with Crippen molar-refractivity contribution in [2.45, 2.75) is 18.2 Å². The van der Waals surface area contributed by atoms with Gasteiger partial charge in [-0.1, -0.05) is 12.2 Å². The highest BCUT2D eigenvalue weighted by Gasteiger charge is 2.47. The topological polar surface area (TPSA) is 72.5 Å². The fraction of sp³-hybridized carbons (Fsp3) is 0.571. The Morgan fingerprint density at radius 2 is 2.00 bits per heavy atom. The summed E-state index contributed by atoms with van der Waals surface area (Å²) in [5, 5.41) is 8.71. The molecule has 0 spiro atoms. The normalized spacial score (nSPS) is 42.8. The van der Waals surface area contributed by atoms with Crippen molar-refractivity contribution in [3.63, 3.8) is 0 Å². The first-order valence-electron chi connectivity index (χ1n) is 3.52. The zero-order chi connectivity index (χ0) is 8.01. The Hall–Kier alpha value is -0.580. The average Bonchev–Trinajstić information content (AvgIpc) is 2.44. The molecule has 0 saturated carbocycles. The molecule has 2 rings (SSSR count). The molecule has 2 aliphatic heterocycles. The SMILES string of the molecule is Cl.N[C@H]1C2C=CC(O2)[C@H]1C(=O)O. The van der Waals surface area contributed by atoms with Crippen LogP contribution in [0.2, 0.25) is 0 Å². The smallest absolute Gasteiger partial charge is 0.311 e. The maximum Gasteiger partial charge on any atom is 0.311 e. The van der Waals surface area contributed by atoms with Gasteiger partial charge in [0.15, 0.2) is 0 Å². The Bertz CT molecular complexity index is 231. The van der Waals surface area contributed by atoms with Gasteiger partial charge in [-0.2, -0.15) is 0 Å². The second-order valence-electron chi connectivity index (χ2n) is 2.89. The molecule has 5 heteroatoms. The standard InChI is InChI=1S/C7H9NO3.ClH/c8-6-4-2-1-3(11-4)5(6)7(9)10;/h1-6H,8H2,(H,9,10);1H/t3?,4?,5-,6+;/m1./s1. The first kappa shape index (κ1) is 9.51. The molecule has 0 aliphatic carbocycles. The van der Waals surface area contributed by atoms with Gasteiger partial charge in [0.2, 0.25) is 0 Å². The number of fused-ring (bicyclic) bond motifs is 2. The maximum absolute atomic E-state index is 10.6. The summed E-state index contributed by atoms with van der Waals surface area (Å²) in [5.74, 6) is -1.42. The number of nitrogens with two attached hydrogens (primary N) is 1. The molecule has 3 N–H and O–H groups in total. The van der Waals surface area contributed by atoms with Gasteiger partial charge in [-0.15, -0.1) is 12.4 Å². The van der Waals surface area contributed by atoms with Crippen LogP contribution >= 0.6 is 12.4 Å². The molecule has 1 saturated heterocycles. The molecule has 4 atom stereocenters. The van der Waals surface area contributed by atoms with E-state index in [1.54, 1.807) is 6.08 Å². The summed E-state index contributed by atoms with van der Waals surface area (Å²) in [6, 6.07) is -0.373. The summed E-state index contributed by atoms with van der Waals surface area (Å²) in [4.78, 5) is 10.6. The maximum atomic E-state index is 10.6. The third-order valence-corrected chi connectivity index (χ3v) is 2.24. The second-order valence-corrected chi connectivity index (χ2v) is 2.89. The van der Waals surface area contributed by atoms with Gasteiger partial charge < -0.3 is 15.6 Å². The lowest BCUT2D eigenvalue weighted by molar-refractivity contribution is -0.143. The van der Waals surface area contributed by atoms with E-state index >= 15 is 0 Å². The van der Waals surface area contributed by atoms with Gasteiger partial charge in [0.1, 0.15) is 5.92 Å². The predicted octanol–water partition coefficient (Wildman–Crippen LogP) is -0.227. The molecule has 0 aromatic heterocycles. The number of carboxylic acids is 1. The molecule has 2 heterocycles. The average molecular weight is 192 g/mol. The van der Waals surface area contributed by atoms with Crippen molar-refractivity contribution in [3.05, 3.63) is 12.2 Å². The minimum absolute atomic E-state index is 0. The van der Waals surface area contributed by atoms with Crippen LogP contribution in [0.15, 0.2) is 12.2 Å². The summed E-state index contributed by atoms with van der Waals surface area (Å²) in [7, 11) is 0. The lowest BCUT2D eigenvalue weighted by Gasteiger charge is -2.16. The molecule has 0 amide bonds. The molecule has 4 nitrogen and oxygen atoms in total. The van der Waals surface area contributed by atoms with Crippen LogP contribution in [0.25, 0.3) is 0 Å². The summed E-state index contributed by atoms with van der Waals surface area (Å²) in [5.41, 5.74) is 5.61. The minimum atomic E-state index is -0.866. The number of rotatable bonds is 1. The largest absolute Gasteiger partial charge is 0.481 e. The van der Waals surface area contributed by atoms with E-state index in [2.05, 4.69) is 0 Å². The Balaban J connectivity index is 0.000000720.